The van der Waals surface area contributed by atoms with Gasteiger partial charge in [-0.05, 0) is 48.5 Å². The van der Waals surface area contributed by atoms with Crippen LogP contribution in [0, 0.1) is 5.82 Å². The molecule has 1 aliphatic heterocycles. The lowest BCUT2D eigenvalue weighted by atomic mass is 10.2. The Labute approximate surface area is 179 Å². The van der Waals surface area contributed by atoms with Gasteiger partial charge in [0.05, 0.1) is 13.7 Å². The first-order chi connectivity index (χ1) is 15.1. The quantitative estimate of drug-likeness (QED) is 0.575. The standard InChI is InChI=1S/C22H23FN4O4/c1-29-18-6-8-19(9-7-18)30-15-20-24-21(31-25-20)14-26-10-12-27(13-11-26)22(28)16-2-4-17(23)5-3-16/h2-9H,10-15H2,1H3. The molecular weight excluding hydrogens is 403 g/mol. The monoisotopic (exact) mass is 426 g/mol. The summed E-state index contributed by atoms with van der Waals surface area (Å²) in [5.74, 6) is 1.98. The molecule has 3 aromatic rings. The lowest BCUT2D eigenvalue weighted by Crippen LogP contribution is -2.48. The lowest BCUT2D eigenvalue weighted by molar-refractivity contribution is 0.0615. The Balaban J connectivity index is 1.24. The predicted octanol–water partition coefficient (Wildman–Crippen LogP) is 2.75. The van der Waals surface area contributed by atoms with Gasteiger partial charge in [0.1, 0.15) is 17.3 Å². The highest BCUT2D eigenvalue weighted by Gasteiger charge is 2.23. The molecule has 0 spiro atoms. The summed E-state index contributed by atoms with van der Waals surface area (Å²) in [7, 11) is 1.61. The fraction of sp³-hybridized carbons (Fsp3) is 0.318. The molecule has 1 amide bonds. The summed E-state index contributed by atoms with van der Waals surface area (Å²) in [6, 6.07) is 12.9. The zero-order valence-electron chi connectivity index (χ0n) is 17.2. The van der Waals surface area contributed by atoms with E-state index < -0.39 is 0 Å². The molecule has 0 bridgehead atoms. The molecule has 1 aromatic heterocycles. The predicted molar refractivity (Wildman–Crippen MR) is 109 cm³/mol. The molecule has 0 saturated carbocycles. The molecule has 1 saturated heterocycles. The van der Waals surface area contributed by atoms with Crippen LogP contribution in [0.1, 0.15) is 22.1 Å². The highest BCUT2D eigenvalue weighted by Crippen LogP contribution is 2.18. The van der Waals surface area contributed by atoms with E-state index in [1.165, 1.54) is 24.3 Å². The van der Waals surface area contributed by atoms with Crippen molar-refractivity contribution in [1.82, 2.24) is 19.9 Å². The fourth-order valence-corrected chi connectivity index (χ4v) is 3.31. The molecule has 0 unspecified atom stereocenters. The molecule has 0 radical (unpaired) electrons. The summed E-state index contributed by atoms with van der Waals surface area (Å²) < 4.78 is 29.2. The van der Waals surface area contributed by atoms with Crippen LogP contribution in [-0.2, 0) is 13.2 Å². The van der Waals surface area contributed by atoms with Crippen molar-refractivity contribution in [2.24, 2.45) is 0 Å². The van der Waals surface area contributed by atoms with E-state index in [0.717, 1.165) is 5.75 Å². The topological polar surface area (TPSA) is 80.9 Å². The molecule has 1 aliphatic rings. The Morgan fingerprint density at radius 1 is 1.03 bits per heavy atom. The maximum atomic E-state index is 13.1. The Bertz CT molecular complexity index is 999. The second kappa shape index (κ2) is 9.57. The van der Waals surface area contributed by atoms with Gasteiger partial charge in [0, 0.05) is 31.7 Å². The van der Waals surface area contributed by atoms with Crippen molar-refractivity contribution in [2.75, 3.05) is 33.3 Å². The molecule has 2 heterocycles. The number of benzene rings is 2. The van der Waals surface area contributed by atoms with E-state index >= 15 is 0 Å². The zero-order chi connectivity index (χ0) is 21.6. The summed E-state index contributed by atoms with van der Waals surface area (Å²) in [4.78, 5) is 20.8. The first-order valence-corrected chi connectivity index (χ1v) is 9.96. The van der Waals surface area contributed by atoms with Crippen LogP contribution in [0.15, 0.2) is 53.1 Å². The minimum absolute atomic E-state index is 0.0876. The number of aromatic nitrogens is 2. The third-order valence-corrected chi connectivity index (χ3v) is 5.05. The van der Waals surface area contributed by atoms with Crippen molar-refractivity contribution >= 4 is 5.91 Å². The van der Waals surface area contributed by atoms with E-state index in [4.69, 9.17) is 14.0 Å². The molecule has 31 heavy (non-hydrogen) atoms. The maximum Gasteiger partial charge on any atom is 0.253 e. The van der Waals surface area contributed by atoms with Crippen LogP contribution in [0.5, 0.6) is 11.5 Å². The van der Waals surface area contributed by atoms with Gasteiger partial charge < -0.3 is 18.9 Å². The fourth-order valence-electron chi connectivity index (χ4n) is 3.31. The molecule has 0 atom stereocenters. The van der Waals surface area contributed by atoms with Crippen LogP contribution in [0.25, 0.3) is 0 Å². The zero-order valence-corrected chi connectivity index (χ0v) is 17.2. The molecule has 0 N–H and O–H groups in total. The second-order valence-corrected chi connectivity index (χ2v) is 7.14. The highest BCUT2D eigenvalue weighted by molar-refractivity contribution is 5.94. The van der Waals surface area contributed by atoms with Gasteiger partial charge in [0.15, 0.2) is 6.61 Å². The Kier molecular flexibility index (Phi) is 6.42. The van der Waals surface area contributed by atoms with Crippen LogP contribution < -0.4 is 9.47 Å². The van der Waals surface area contributed by atoms with Crippen LogP contribution in [0.3, 0.4) is 0 Å². The number of halogens is 1. The maximum absolute atomic E-state index is 13.1. The number of rotatable bonds is 7. The number of hydrogen-bond acceptors (Lipinski definition) is 7. The summed E-state index contributed by atoms with van der Waals surface area (Å²) in [6.45, 7) is 3.25. The largest absolute Gasteiger partial charge is 0.497 e. The first-order valence-electron chi connectivity index (χ1n) is 9.96. The van der Waals surface area contributed by atoms with Crippen LogP contribution in [0.4, 0.5) is 4.39 Å². The minimum Gasteiger partial charge on any atom is -0.497 e. The molecule has 0 aliphatic carbocycles. The highest BCUT2D eigenvalue weighted by atomic mass is 19.1. The van der Waals surface area contributed by atoms with Gasteiger partial charge in [0.25, 0.3) is 5.91 Å². The molecule has 4 rings (SSSR count). The van der Waals surface area contributed by atoms with E-state index in [1.54, 1.807) is 12.0 Å². The van der Waals surface area contributed by atoms with Crippen molar-refractivity contribution in [3.8, 4) is 11.5 Å². The first kappa shape index (κ1) is 20.8. The molecule has 9 heteroatoms. The third kappa shape index (κ3) is 5.37. The molecule has 8 nitrogen and oxygen atoms in total. The van der Waals surface area contributed by atoms with Gasteiger partial charge >= 0.3 is 0 Å². The van der Waals surface area contributed by atoms with Crippen LogP contribution in [-0.4, -0.2) is 59.1 Å². The number of nitrogens with zero attached hydrogens (tertiary/aromatic N) is 4. The van der Waals surface area contributed by atoms with E-state index in [2.05, 4.69) is 15.0 Å². The van der Waals surface area contributed by atoms with E-state index in [-0.39, 0.29) is 18.3 Å². The Morgan fingerprint density at radius 2 is 1.71 bits per heavy atom. The van der Waals surface area contributed by atoms with Gasteiger partial charge in [-0.1, -0.05) is 5.16 Å². The summed E-state index contributed by atoms with van der Waals surface area (Å²) in [6.07, 6.45) is 0. The number of carbonyl (C=O) groups is 1. The van der Waals surface area contributed by atoms with Gasteiger partial charge in [-0.2, -0.15) is 4.98 Å². The average Bonchev–Trinajstić information content (AvgIpc) is 3.26. The third-order valence-electron chi connectivity index (χ3n) is 5.05. The van der Waals surface area contributed by atoms with Gasteiger partial charge in [0.2, 0.25) is 11.7 Å². The Morgan fingerprint density at radius 3 is 2.39 bits per heavy atom. The molecule has 2 aromatic carbocycles. The SMILES string of the molecule is COc1ccc(OCc2noc(CN3CCN(C(=O)c4ccc(F)cc4)CC3)n2)cc1. The summed E-state index contributed by atoms with van der Waals surface area (Å²) >= 11 is 0. The van der Waals surface area contributed by atoms with E-state index in [9.17, 15) is 9.18 Å². The van der Waals surface area contributed by atoms with Crippen molar-refractivity contribution in [2.45, 2.75) is 13.2 Å². The number of piperazine rings is 1. The summed E-state index contributed by atoms with van der Waals surface area (Å²) in [5, 5.41) is 3.96. The second-order valence-electron chi connectivity index (χ2n) is 7.14. The molecule has 162 valence electrons. The number of amides is 1. The molecular formula is C22H23FN4O4. The van der Waals surface area contributed by atoms with Crippen molar-refractivity contribution in [3.05, 3.63) is 71.6 Å². The number of methoxy groups -OCH3 is 1. The van der Waals surface area contributed by atoms with E-state index in [0.29, 0.717) is 55.8 Å². The minimum atomic E-state index is -0.352. The van der Waals surface area contributed by atoms with Crippen LogP contribution >= 0.6 is 0 Å². The lowest BCUT2D eigenvalue weighted by Gasteiger charge is -2.34. The average molecular weight is 426 g/mol. The van der Waals surface area contributed by atoms with Crippen molar-refractivity contribution in [3.63, 3.8) is 0 Å². The van der Waals surface area contributed by atoms with Crippen molar-refractivity contribution in [1.29, 1.82) is 0 Å². The Hall–Kier alpha value is -3.46. The van der Waals surface area contributed by atoms with Crippen molar-refractivity contribution < 1.29 is 23.2 Å². The van der Waals surface area contributed by atoms with Gasteiger partial charge in [-0.3, -0.25) is 9.69 Å². The van der Waals surface area contributed by atoms with E-state index in [1.807, 2.05) is 24.3 Å². The van der Waals surface area contributed by atoms with Gasteiger partial charge in [-0.15, -0.1) is 0 Å². The number of hydrogen-bond donors (Lipinski definition) is 0. The summed E-state index contributed by atoms with van der Waals surface area (Å²) in [5.41, 5.74) is 0.494. The normalized spacial score (nSPS) is 14.5. The van der Waals surface area contributed by atoms with Gasteiger partial charge in [-0.25, -0.2) is 4.39 Å². The smallest absolute Gasteiger partial charge is 0.253 e. The molecule has 1 fully saturated rings. The number of ether oxygens (including phenoxy) is 2. The van der Waals surface area contributed by atoms with Crippen LogP contribution in [0.2, 0.25) is 0 Å². The number of carbonyl (C=O) groups excluding carboxylic acids is 1.